The molecule has 0 fully saturated rings. The van der Waals surface area contributed by atoms with Crippen LogP contribution in [-0.2, 0) is 6.54 Å². The minimum atomic E-state index is 0.630. The molecule has 0 saturated carbocycles. The Hall–Kier alpha value is -1.23. The number of aromatic nitrogens is 2. The lowest BCUT2D eigenvalue weighted by atomic mass is 10.2. The zero-order chi connectivity index (χ0) is 10.1. The molecule has 2 N–H and O–H groups in total. The number of halogens is 1. The van der Waals surface area contributed by atoms with Crippen LogP contribution in [-0.4, -0.2) is 9.78 Å². The maximum atomic E-state index is 5.79. The Morgan fingerprint density at radius 2 is 2.43 bits per heavy atom. The van der Waals surface area contributed by atoms with Crippen molar-refractivity contribution in [3.63, 3.8) is 0 Å². The fraction of sp³-hybridized carbons (Fsp3) is 0.222. The molecule has 0 aromatic carbocycles. The molecule has 2 aromatic rings. The van der Waals surface area contributed by atoms with Crippen LogP contribution >= 0.6 is 15.9 Å². The fourth-order valence-corrected chi connectivity index (χ4v) is 1.53. The fourth-order valence-electron chi connectivity index (χ4n) is 1.23. The van der Waals surface area contributed by atoms with E-state index in [4.69, 9.17) is 10.2 Å². The smallest absolute Gasteiger partial charge is 0.136 e. The zero-order valence-electron chi connectivity index (χ0n) is 7.70. The molecule has 0 radical (unpaired) electrons. The van der Waals surface area contributed by atoms with Crippen LogP contribution in [0.2, 0.25) is 0 Å². The summed E-state index contributed by atoms with van der Waals surface area (Å²) >= 11 is 3.31. The average molecular weight is 256 g/mol. The Morgan fingerprint density at radius 3 is 2.93 bits per heavy atom. The van der Waals surface area contributed by atoms with Gasteiger partial charge in [0.1, 0.15) is 11.6 Å². The first-order chi connectivity index (χ1) is 6.68. The summed E-state index contributed by atoms with van der Waals surface area (Å²) in [6.07, 6.45) is 3.35. The van der Waals surface area contributed by atoms with E-state index in [-0.39, 0.29) is 0 Å². The molecule has 0 saturated heterocycles. The van der Waals surface area contributed by atoms with E-state index in [0.29, 0.717) is 12.4 Å². The maximum Gasteiger partial charge on any atom is 0.136 e. The van der Waals surface area contributed by atoms with Crippen molar-refractivity contribution in [1.29, 1.82) is 0 Å². The lowest BCUT2D eigenvalue weighted by Gasteiger charge is -2.02. The van der Waals surface area contributed by atoms with Gasteiger partial charge in [-0.15, -0.1) is 0 Å². The summed E-state index contributed by atoms with van der Waals surface area (Å²) in [7, 11) is 0. The van der Waals surface area contributed by atoms with Crippen molar-refractivity contribution < 1.29 is 4.42 Å². The van der Waals surface area contributed by atoms with Crippen molar-refractivity contribution in [2.24, 2.45) is 0 Å². The number of aryl methyl sites for hydroxylation is 1. The van der Waals surface area contributed by atoms with Crippen LogP contribution in [0.3, 0.4) is 0 Å². The summed E-state index contributed by atoms with van der Waals surface area (Å²) in [5, 5.41) is 4.13. The van der Waals surface area contributed by atoms with Crippen molar-refractivity contribution in [3.05, 3.63) is 34.3 Å². The summed E-state index contributed by atoms with van der Waals surface area (Å²) in [6.45, 7) is 2.56. The molecule has 5 heteroatoms. The van der Waals surface area contributed by atoms with E-state index in [9.17, 15) is 0 Å². The number of nitrogens with two attached hydrogens (primary N) is 1. The van der Waals surface area contributed by atoms with Gasteiger partial charge in [0.25, 0.3) is 0 Å². The summed E-state index contributed by atoms with van der Waals surface area (Å²) in [5.74, 6) is 1.53. The summed E-state index contributed by atoms with van der Waals surface area (Å²) in [4.78, 5) is 0. The summed E-state index contributed by atoms with van der Waals surface area (Å²) in [6, 6.07) is 1.92. The molecule has 14 heavy (non-hydrogen) atoms. The normalized spacial score (nSPS) is 10.7. The molecule has 2 heterocycles. The molecule has 2 rings (SSSR count). The number of hydrogen-bond donors (Lipinski definition) is 1. The number of nitrogen functional groups attached to an aromatic ring is 1. The van der Waals surface area contributed by atoms with Crippen LogP contribution in [0, 0.1) is 6.92 Å². The van der Waals surface area contributed by atoms with Crippen LogP contribution in [0.1, 0.15) is 11.3 Å². The highest BCUT2D eigenvalue weighted by Crippen LogP contribution is 2.20. The first-order valence-corrected chi connectivity index (χ1v) is 4.97. The van der Waals surface area contributed by atoms with E-state index >= 15 is 0 Å². The number of anilines is 1. The second-order valence-electron chi connectivity index (χ2n) is 3.04. The number of rotatable bonds is 2. The third-order valence-corrected chi connectivity index (χ3v) is 2.73. The third-order valence-electron chi connectivity index (χ3n) is 2.12. The van der Waals surface area contributed by atoms with Crippen molar-refractivity contribution in [2.75, 3.05) is 5.73 Å². The molecule has 0 unspecified atom stereocenters. The first-order valence-electron chi connectivity index (χ1n) is 4.18. The predicted octanol–water partition coefficient (Wildman–Crippen LogP) is 2.18. The summed E-state index contributed by atoms with van der Waals surface area (Å²) in [5.41, 5.74) is 6.88. The Balaban J connectivity index is 2.27. The molecule has 0 spiro atoms. The molecule has 74 valence electrons. The standard InChI is InChI=1S/C9H10BrN3O/c1-6-7(2-3-14-6)5-13-9(11)8(10)4-12-13/h2-4H,5,11H2,1H3. The molecular formula is C9H10BrN3O. The van der Waals surface area contributed by atoms with Gasteiger partial charge in [-0.2, -0.15) is 5.10 Å². The predicted molar refractivity (Wildman–Crippen MR) is 56.9 cm³/mol. The van der Waals surface area contributed by atoms with Gasteiger partial charge in [-0.05, 0) is 28.9 Å². The van der Waals surface area contributed by atoms with Crippen LogP contribution in [0.25, 0.3) is 0 Å². The van der Waals surface area contributed by atoms with Crippen molar-refractivity contribution in [2.45, 2.75) is 13.5 Å². The molecule has 0 aliphatic rings. The van der Waals surface area contributed by atoms with Crippen LogP contribution in [0.15, 0.2) is 27.4 Å². The van der Waals surface area contributed by atoms with Gasteiger partial charge < -0.3 is 10.2 Å². The highest BCUT2D eigenvalue weighted by atomic mass is 79.9. The first kappa shape index (κ1) is 9.33. The van der Waals surface area contributed by atoms with E-state index in [1.165, 1.54) is 0 Å². The van der Waals surface area contributed by atoms with E-state index in [1.54, 1.807) is 17.1 Å². The van der Waals surface area contributed by atoms with Gasteiger partial charge in [-0.1, -0.05) is 0 Å². The monoisotopic (exact) mass is 255 g/mol. The van der Waals surface area contributed by atoms with Crippen LogP contribution < -0.4 is 5.73 Å². The SMILES string of the molecule is Cc1occc1Cn1ncc(Br)c1N. The van der Waals surface area contributed by atoms with E-state index in [0.717, 1.165) is 15.8 Å². The van der Waals surface area contributed by atoms with Gasteiger partial charge in [0, 0.05) is 5.56 Å². The van der Waals surface area contributed by atoms with Gasteiger partial charge >= 0.3 is 0 Å². The lowest BCUT2D eigenvalue weighted by molar-refractivity contribution is 0.526. The van der Waals surface area contributed by atoms with E-state index in [2.05, 4.69) is 21.0 Å². The quantitative estimate of drug-likeness (QED) is 0.895. The Morgan fingerprint density at radius 1 is 1.64 bits per heavy atom. The van der Waals surface area contributed by atoms with Crippen LogP contribution in [0.4, 0.5) is 5.82 Å². The number of nitrogens with zero attached hydrogens (tertiary/aromatic N) is 2. The number of furan rings is 1. The molecule has 0 amide bonds. The van der Waals surface area contributed by atoms with E-state index in [1.807, 2.05) is 13.0 Å². The van der Waals surface area contributed by atoms with Gasteiger partial charge in [-0.3, -0.25) is 0 Å². The Labute approximate surface area is 89.8 Å². The third kappa shape index (κ3) is 1.55. The maximum absolute atomic E-state index is 5.79. The van der Waals surface area contributed by atoms with Gasteiger partial charge in [0.15, 0.2) is 0 Å². The van der Waals surface area contributed by atoms with Gasteiger partial charge in [0.05, 0.1) is 23.5 Å². The largest absolute Gasteiger partial charge is 0.469 e. The summed E-state index contributed by atoms with van der Waals surface area (Å²) < 4.78 is 7.73. The zero-order valence-corrected chi connectivity index (χ0v) is 9.28. The highest BCUT2D eigenvalue weighted by molar-refractivity contribution is 9.10. The minimum Gasteiger partial charge on any atom is -0.469 e. The van der Waals surface area contributed by atoms with Crippen LogP contribution in [0.5, 0.6) is 0 Å². The Bertz CT molecular complexity index is 447. The van der Waals surface area contributed by atoms with Gasteiger partial charge in [0.2, 0.25) is 0 Å². The number of hydrogen-bond acceptors (Lipinski definition) is 3. The Kier molecular flexibility index (Phi) is 2.33. The molecule has 0 bridgehead atoms. The topological polar surface area (TPSA) is 57.0 Å². The second kappa shape index (κ2) is 3.49. The second-order valence-corrected chi connectivity index (χ2v) is 3.89. The molecular weight excluding hydrogens is 246 g/mol. The van der Waals surface area contributed by atoms with Crippen molar-refractivity contribution >= 4 is 21.7 Å². The van der Waals surface area contributed by atoms with Crippen molar-refractivity contribution in [3.8, 4) is 0 Å². The molecule has 0 aliphatic carbocycles. The highest BCUT2D eigenvalue weighted by Gasteiger charge is 2.07. The molecule has 2 aromatic heterocycles. The molecule has 4 nitrogen and oxygen atoms in total. The molecule has 0 aliphatic heterocycles. The van der Waals surface area contributed by atoms with Crippen molar-refractivity contribution in [1.82, 2.24) is 9.78 Å². The van der Waals surface area contributed by atoms with Gasteiger partial charge in [-0.25, -0.2) is 4.68 Å². The lowest BCUT2D eigenvalue weighted by Crippen LogP contribution is -2.05. The van der Waals surface area contributed by atoms with E-state index < -0.39 is 0 Å². The minimum absolute atomic E-state index is 0.630. The average Bonchev–Trinajstić information content (AvgIpc) is 2.68. The molecule has 0 atom stereocenters.